The third-order valence-electron chi connectivity index (χ3n) is 20.1. The van der Waals surface area contributed by atoms with Gasteiger partial charge in [0.1, 0.15) is 0 Å². The van der Waals surface area contributed by atoms with Crippen molar-refractivity contribution in [1.29, 1.82) is 0 Å². The zero-order valence-corrected chi connectivity index (χ0v) is 70.5. The number of hydrogen-bond donors (Lipinski definition) is 5. The van der Waals surface area contributed by atoms with Gasteiger partial charge in [-0.2, -0.15) is 11.8 Å². The van der Waals surface area contributed by atoms with Crippen LogP contribution in [0.1, 0.15) is 70.7 Å². The van der Waals surface area contributed by atoms with Crippen LogP contribution in [0.3, 0.4) is 0 Å². The molecule has 0 unspecified atom stereocenters. The zero-order chi connectivity index (χ0) is 84.2. The van der Waals surface area contributed by atoms with Gasteiger partial charge in [0.25, 0.3) is 23.6 Å². The molecule has 0 radical (unpaired) electrons. The summed E-state index contributed by atoms with van der Waals surface area (Å²) in [5.74, 6) is 2.36. The van der Waals surface area contributed by atoms with Crippen molar-refractivity contribution in [2.24, 2.45) is 0 Å². The first-order chi connectivity index (χ1) is 58.9. The molecule has 9 heterocycles. The van der Waals surface area contributed by atoms with Gasteiger partial charge in [-0.15, -0.1) is 0 Å². The van der Waals surface area contributed by atoms with Gasteiger partial charge in [0.05, 0.1) is 54.1 Å². The minimum absolute atomic E-state index is 0.132. The molecule has 6 aromatic heterocycles. The third kappa shape index (κ3) is 25.7. The second-order valence-electron chi connectivity index (χ2n) is 28.8. The number of hydrogen-bond acceptors (Lipinski definition) is 18. The molecule has 27 heteroatoms. The zero-order valence-electron chi connectivity index (χ0n) is 66.7. The molecule has 0 bridgehead atoms. The normalized spacial score (nSPS) is 13.6. The van der Waals surface area contributed by atoms with E-state index in [0.29, 0.717) is 77.6 Å². The molecule has 5 amide bonds. The summed E-state index contributed by atoms with van der Waals surface area (Å²) in [5.41, 5.74) is 15.5. The van der Waals surface area contributed by atoms with Crippen LogP contribution in [0.5, 0.6) is 0 Å². The summed E-state index contributed by atoms with van der Waals surface area (Å²) in [6.07, 6.45) is 11.8. The average molecular weight is 1710 g/mol. The predicted octanol–water partition coefficient (Wildman–Crippen LogP) is 18.4. The maximum Gasteiger partial charge on any atom is 0.257 e. The van der Waals surface area contributed by atoms with Crippen LogP contribution in [0.4, 0.5) is 28.7 Å². The number of likely N-dealkylation sites (N-methyl/N-ethyl adjacent to an activating group) is 1. The molecule has 13 aromatic rings. The van der Waals surface area contributed by atoms with Crippen LogP contribution in [0.25, 0.3) is 45.0 Å². The van der Waals surface area contributed by atoms with Crippen molar-refractivity contribution in [2.75, 3.05) is 111 Å². The first kappa shape index (κ1) is 86.7. The number of benzene rings is 7. The lowest BCUT2D eigenvalue weighted by Crippen LogP contribution is -2.47. The molecular formula is C94H89Cl4N17O5S. The van der Waals surface area contributed by atoms with Gasteiger partial charge in [0.2, 0.25) is 11.9 Å². The molecule has 22 nitrogen and oxygen atoms in total. The Morgan fingerprint density at radius 2 is 0.686 bits per heavy atom. The SMILES string of the molecule is CC(=O)N1CCN(Cc2ccc(C(=O)Nc3ccc(Cl)c(-c4ccccn4)c3)cc2)CC1.CN1CCN(Cc2ccc(C(=O)Nc3ccc(Cl)c(-c4ccccn4)c3)cn2)CC1.O=C(Nc1ccc(Cl)c(-c2ccccn2)c1)c1ccc(CN2CCSCC2)cc1.O=C(Nc1ccc(Cl)c(-c2ccccn2)c1)c1ccc(CNc2ncccn2)cc1. The predicted molar refractivity (Wildman–Crippen MR) is 486 cm³/mol. The van der Waals surface area contributed by atoms with E-state index in [4.69, 9.17) is 46.4 Å². The number of nitrogens with zero attached hydrogens (tertiary/aromatic N) is 12. The molecule has 16 rings (SSSR count). The second kappa shape index (κ2) is 43.7. The summed E-state index contributed by atoms with van der Waals surface area (Å²) in [5, 5.41) is 17.2. The molecular weight excluding hydrogens is 1620 g/mol. The highest BCUT2D eigenvalue weighted by Gasteiger charge is 2.22. The number of rotatable bonds is 21. The van der Waals surface area contributed by atoms with Crippen molar-refractivity contribution < 1.29 is 24.0 Å². The van der Waals surface area contributed by atoms with Crippen LogP contribution in [-0.2, 0) is 31.0 Å². The average Bonchev–Trinajstić information content (AvgIpc) is 0.846. The van der Waals surface area contributed by atoms with Gasteiger partial charge in [0, 0.05) is 215 Å². The lowest BCUT2D eigenvalue weighted by Gasteiger charge is -2.34. The minimum Gasteiger partial charge on any atom is -0.350 e. The van der Waals surface area contributed by atoms with Crippen LogP contribution in [0.15, 0.2) is 280 Å². The van der Waals surface area contributed by atoms with Crippen molar-refractivity contribution in [2.45, 2.75) is 33.1 Å². The molecule has 3 fully saturated rings. The molecule has 0 atom stereocenters. The number of pyridine rings is 5. The lowest BCUT2D eigenvalue weighted by atomic mass is 10.1. The Balaban J connectivity index is 0.000000139. The Morgan fingerprint density at radius 1 is 0.347 bits per heavy atom. The van der Waals surface area contributed by atoms with Crippen LogP contribution < -0.4 is 26.6 Å². The number of carbonyl (C=O) groups excluding carboxylic acids is 5. The summed E-state index contributed by atoms with van der Waals surface area (Å²) >= 11 is 27.3. The van der Waals surface area contributed by atoms with Gasteiger partial charge in [-0.25, -0.2) is 9.97 Å². The monoisotopic (exact) mass is 1710 g/mol. The highest BCUT2D eigenvalue weighted by molar-refractivity contribution is 7.99. The van der Waals surface area contributed by atoms with Gasteiger partial charge in [-0.1, -0.05) is 107 Å². The Kier molecular flexibility index (Phi) is 31.3. The van der Waals surface area contributed by atoms with Gasteiger partial charge in [-0.3, -0.25) is 63.6 Å². The number of anilines is 5. The van der Waals surface area contributed by atoms with E-state index >= 15 is 0 Å². The molecule has 614 valence electrons. The number of piperazine rings is 2. The number of amides is 5. The summed E-state index contributed by atoms with van der Waals surface area (Å²) in [7, 11) is 2.14. The van der Waals surface area contributed by atoms with Gasteiger partial charge < -0.3 is 36.4 Å². The van der Waals surface area contributed by atoms with Crippen LogP contribution in [0.2, 0.25) is 20.1 Å². The quantitative estimate of drug-likeness (QED) is 0.0448. The first-order valence-electron chi connectivity index (χ1n) is 39.5. The topological polar surface area (TPSA) is 252 Å². The summed E-state index contributed by atoms with van der Waals surface area (Å²) in [6, 6.07) is 72.4. The summed E-state index contributed by atoms with van der Waals surface area (Å²) in [4.78, 5) is 104. The summed E-state index contributed by atoms with van der Waals surface area (Å²) in [6.45, 7) is 14.4. The minimum atomic E-state index is -0.206. The Labute approximate surface area is 728 Å². The highest BCUT2D eigenvalue weighted by Crippen LogP contribution is 2.34. The molecule has 5 N–H and O–H groups in total. The molecule has 0 saturated carbocycles. The molecule has 7 aromatic carbocycles. The van der Waals surface area contributed by atoms with Crippen molar-refractivity contribution >= 4 is 116 Å². The Bertz CT molecular complexity index is 5590. The van der Waals surface area contributed by atoms with Crippen molar-refractivity contribution in [3.05, 3.63) is 345 Å². The number of thioether (sulfide) groups is 1. The van der Waals surface area contributed by atoms with Crippen LogP contribution in [0, 0.1) is 0 Å². The number of halogens is 4. The van der Waals surface area contributed by atoms with Crippen LogP contribution >= 0.6 is 58.2 Å². The maximum atomic E-state index is 12.7. The lowest BCUT2D eigenvalue weighted by molar-refractivity contribution is -0.130. The van der Waals surface area contributed by atoms with E-state index in [1.54, 1.807) is 117 Å². The van der Waals surface area contributed by atoms with Gasteiger partial charge in [0.15, 0.2) is 0 Å². The fraction of sp³-hybridized carbons (Fsp3) is 0.191. The first-order valence-corrected chi connectivity index (χ1v) is 42.1. The van der Waals surface area contributed by atoms with E-state index in [1.165, 1.54) is 17.1 Å². The van der Waals surface area contributed by atoms with Crippen molar-refractivity contribution in [1.82, 2.24) is 59.4 Å². The molecule has 3 saturated heterocycles. The van der Waals surface area contributed by atoms with E-state index in [1.807, 2.05) is 187 Å². The highest BCUT2D eigenvalue weighted by atomic mass is 35.5. The second-order valence-corrected chi connectivity index (χ2v) is 31.6. The van der Waals surface area contributed by atoms with Gasteiger partial charge >= 0.3 is 0 Å². The molecule has 3 aliphatic rings. The number of nitrogens with one attached hydrogen (secondary N) is 5. The van der Waals surface area contributed by atoms with E-state index < -0.39 is 0 Å². The molecule has 0 aliphatic carbocycles. The smallest absolute Gasteiger partial charge is 0.257 e. The summed E-state index contributed by atoms with van der Waals surface area (Å²) < 4.78 is 0. The van der Waals surface area contributed by atoms with Crippen LogP contribution in [-0.4, -0.2) is 173 Å². The van der Waals surface area contributed by atoms with Crippen molar-refractivity contribution in [3.63, 3.8) is 0 Å². The van der Waals surface area contributed by atoms with E-state index in [2.05, 4.69) is 88.1 Å². The Hall–Kier alpha value is -12.1. The fourth-order valence-electron chi connectivity index (χ4n) is 13.4. The Morgan fingerprint density at radius 3 is 1.04 bits per heavy atom. The number of carbonyl (C=O) groups is 5. The molecule has 121 heavy (non-hydrogen) atoms. The molecule has 3 aliphatic heterocycles. The standard InChI is InChI=1S/C25H25ClN4O2.C23H24ClN5O.C23H18ClN5O.C23H22ClN3OS/c1-18(31)30-14-12-29(13-15-30)17-19-5-7-20(8-6-19)25(32)28-21-9-10-23(26)22(16-21)24-4-2-3-11-27-24;1-28-10-12-29(13-11-28)16-19-6-5-17(15-26-19)23(30)27-18-7-8-21(24)20(14-18)22-4-2-3-9-25-22;24-20-10-9-18(14-19(20)21-4-1-2-11-25-21)29-22(30)17-7-5-16(6-8-17)15-28-23-26-12-3-13-27-23;24-21-9-8-19(15-20(21)22-3-1-2-10-25-22)26-23(28)18-6-4-17(5-7-18)16-27-11-13-29-14-12-27/h2-11,16H,12-15,17H2,1H3,(H,28,32);2-9,14-15H,10-13,16H2,1H3,(H,27,30);1-14H,15H2,(H,29,30)(H,26,27,28);1-10,15H,11-14,16H2,(H,26,28). The van der Waals surface area contributed by atoms with E-state index in [0.717, 1.165) is 147 Å². The largest absolute Gasteiger partial charge is 0.350 e. The number of aromatic nitrogens is 7. The molecule has 0 spiro atoms. The van der Waals surface area contributed by atoms with E-state index in [-0.39, 0.29) is 29.5 Å². The fourth-order valence-corrected chi connectivity index (χ4v) is 15.2. The van der Waals surface area contributed by atoms with Crippen molar-refractivity contribution in [3.8, 4) is 45.0 Å². The maximum absolute atomic E-state index is 12.7. The van der Waals surface area contributed by atoms with Gasteiger partial charge in [-0.05, 0) is 200 Å². The van der Waals surface area contributed by atoms with E-state index in [9.17, 15) is 24.0 Å². The third-order valence-corrected chi connectivity index (χ3v) is 22.4.